The summed E-state index contributed by atoms with van der Waals surface area (Å²) in [6.07, 6.45) is 1.75. The van der Waals surface area contributed by atoms with Crippen molar-refractivity contribution in [3.8, 4) is 0 Å². The third-order valence-corrected chi connectivity index (χ3v) is 4.26. The molecule has 124 valence electrons. The molecule has 1 N–H and O–H groups in total. The van der Waals surface area contributed by atoms with Crippen molar-refractivity contribution in [2.75, 3.05) is 13.1 Å². The molecule has 1 heterocycles. The predicted octanol–water partition coefficient (Wildman–Crippen LogP) is 2.92. The number of hydrogen-bond acceptors (Lipinski definition) is 2. The Morgan fingerprint density at radius 1 is 1.08 bits per heavy atom. The Morgan fingerprint density at radius 3 is 2.50 bits per heavy atom. The van der Waals surface area contributed by atoms with Crippen molar-refractivity contribution < 1.29 is 14.0 Å². The van der Waals surface area contributed by atoms with Crippen molar-refractivity contribution in [2.24, 2.45) is 0 Å². The molecule has 2 aromatic rings. The maximum absolute atomic E-state index is 13.1. The van der Waals surface area contributed by atoms with Crippen LogP contribution >= 0.6 is 0 Å². The summed E-state index contributed by atoms with van der Waals surface area (Å²) in [6, 6.07) is 15.0. The summed E-state index contributed by atoms with van der Waals surface area (Å²) < 4.78 is 13.1. The Hall–Kier alpha value is -2.69. The lowest BCUT2D eigenvalue weighted by Crippen LogP contribution is -2.39. The number of rotatable bonds is 4. The van der Waals surface area contributed by atoms with Crippen LogP contribution in [-0.2, 0) is 4.79 Å². The molecule has 1 fully saturated rings. The van der Waals surface area contributed by atoms with Gasteiger partial charge in [0.25, 0.3) is 5.91 Å². The van der Waals surface area contributed by atoms with E-state index in [0.717, 1.165) is 18.4 Å². The van der Waals surface area contributed by atoms with Crippen molar-refractivity contribution in [3.63, 3.8) is 0 Å². The standard InChI is InChI=1S/C19H19FN2O2/c20-16-10-8-14(9-11-16)17-7-4-12-22(17)18(23)13-21-19(24)15-5-2-1-3-6-15/h1-3,5-6,8-11,17H,4,7,12-13H2,(H,21,24). The van der Waals surface area contributed by atoms with Crippen LogP contribution in [0.3, 0.4) is 0 Å². The molecule has 2 aromatic carbocycles. The van der Waals surface area contributed by atoms with Crippen LogP contribution in [0, 0.1) is 5.82 Å². The van der Waals surface area contributed by atoms with Gasteiger partial charge < -0.3 is 10.2 Å². The van der Waals surface area contributed by atoms with E-state index in [1.807, 2.05) is 6.07 Å². The van der Waals surface area contributed by atoms with Gasteiger partial charge in [0, 0.05) is 12.1 Å². The minimum atomic E-state index is -0.287. The zero-order valence-electron chi connectivity index (χ0n) is 13.2. The van der Waals surface area contributed by atoms with Crippen molar-refractivity contribution >= 4 is 11.8 Å². The maximum Gasteiger partial charge on any atom is 0.251 e. The number of halogens is 1. The van der Waals surface area contributed by atoms with Gasteiger partial charge in [0.05, 0.1) is 12.6 Å². The highest BCUT2D eigenvalue weighted by molar-refractivity contribution is 5.96. The lowest BCUT2D eigenvalue weighted by molar-refractivity contribution is -0.131. The highest BCUT2D eigenvalue weighted by atomic mass is 19.1. The van der Waals surface area contributed by atoms with Crippen LogP contribution < -0.4 is 5.32 Å². The summed E-state index contributed by atoms with van der Waals surface area (Å²) in [6.45, 7) is 0.619. The maximum atomic E-state index is 13.1. The van der Waals surface area contributed by atoms with E-state index in [4.69, 9.17) is 0 Å². The average Bonchev–Trinajstić information content (AvgIpc) is 3.10. The highest BCUT2D eigenvalue weighted by Gasteiger charge is 2.29. The van der Waals surface area contributed by atoms with Crippen LogP contribution in [0.2, 0.25) is 0 Å². The first-order valence-corrected chi connectivity index (χ1v) is 8.03. The van der Waals surface area contributed by atoms with Crippen LogP contribution in [0.4, 0.5) is 4.39 Å². The molecule has 0 spiro atoms. The first-order valence-electron chi connectivity index (χ1n) is 8.03. The molecule has 5 heteroatoms. The number of benzene rings is 2. The molecule has 1 unspecified atom stereocenters. The van der Waals surface area contributed by atoms with Crippen LogP contribution in [-0.4, -0.2) is 29.8 Å². The van der Waals surface area contributed by atoms with Crippen molar-refractivity contribution in [1.82, 2.24) is 10.2 Å². The molecule has 4 nitrogen and oxygen atoms in total. The second-order valence-corrected chi connectivity index (χ2v) is 5.85. The fourth-order valence-electron chi connectivity index (χ4n) is 3.05. The number of likely N-dealkylation sites (tertiary alicyclic amines) is 1. The third-order valence-electron chi connectivity index (χ3n) is 4.26. The first kappa shape index (κ1) is 16.2. The zero-order chi connectivity index (χ0) is 16.9. The van der Waals surface area contributed by atoms with Crippen molar-refractivity contribution in [1.29, 1.82) is 0 Å². The number of carbonyl (C=O) groups excluding carboxylic acids is 2. The molecule has 24 heavy (non-hydrogen) atoms. The van der Waals surface area contributed by atoms with E-state index in [1.165, 1.54) is 12.1 Å². The van der Waals surface area contributed by atoms with Gasteiger partial charge in [-0.25, -0.2) is 4.39 Å². The lowest BCUT2D eigenvalue weighted by Gasteiger charge is -2.25. The van der Waals surface area contributed by atoms with E-state index in [9.17, 15) is 14.0 Å². The first-order chi connectivity index (χ1) is 11.6. The second-order valence-electron chi connectivity index (χ2n) is 5.85. The van der Waals surface area contributed by atoms with E-state index in [0.29, 0.717) is 12.1 Å². The van der Waals surface area contributed by atoms with Gasteiger partial charge >= 0.3 is 0 Å². The number of hydrogen-bond donors (Lipinski definition) is 1. The SMILES string of the molecule is O=C(NCC(=O)N1CCCC1c1ccc(F)cc1)c1ccccc1. The number of nitrogens with zero attached hydrogens (tertiary/aromatic N) is 1. The largest absolute Gasteiger partial charge is 0.343 e. The van der Waals surface area contributed by atoms with Gasteiger partial charge in [-0.3, -0.25) is 9.59 Å². The summed E-state index contributed by atoms with van der Waals surface area (Å²) in [5.41, 5.74) is 1.46. The molecule has 2 amide bonds. The van der Waals surface area contributed by atoms with Crippen molar-refractivity contribution in [3.05, 3.63) is 71.5 Å². The predicted molar refractivity (Wildman–Crippen MR) is 88.9 cm³/mol. The topological polar surface area (TPSA) is 49.4 Å². The van der Waals surface area contributed by atoms with Crippen LogP contribution in [0.15, 0.2) is 54.6 Å². The molecule has 1 saturated heterocycles. The van der Waals surface area contributed by atoms with E-state index in [-0.39, 0.29) is 30.2 Å². The van der Waals surface area contributed by atoms with Gasteiger partial charge in [0.1, 0.15) is 5.82 Å². The van der Waals surface area contributed by atoms with Gasteiger partial charge in [0.2, 0.25) is 5.91 Å². The number of nitrogens with one attached hydrogen (secondary N) is 1. The minimum absolute atomic E-state index is 0.0363. The summed E-state index contributed by atoms with van der Waals surface area (Å²) in [5.74, 6) is -0.669. The highest BCUT2D eigenvalue weighted by Crippen LogP contribution is 2.31. The van der Waals surface area contributed by atoms with Crippen molar-refractivity contribution in [2.45, 2.75) is 18.9 Å². The molecule has 0 bridgehead atoms. The molecular formula is C19H19FN2O2. The average molecular weight is 326 g/mol. The van der Waals surface area contributed by atoms with Gasteiger partial charge in [-0.15, -0.1) is 0 Å². The quantitative estimate of drug-likeness (QED) is 0.939. The van der Waals surface area contributed by atoms with Crippen LogP contribution in [0.5, 0.6) is 0 Å². The van der Waals surface area contributed by atoms with E-state index in [2.05, 4.69) is 5.32 Å². The Bertz CT molecular complexity index is 716. The Morgan fingerprint density at radius 2 is 1.79 bits per heavy atom. The zero-order valence-corrected chi connectivity index (χ0v) is 13.2. The molecule has 1 atom stereocenters. The third kappa shape index (κ3) is 3.62. The molecule has 1 aliphatic heterocycles. The van der Waals surface area contributed by atoms with E-state index >= 15 is 0 Å². The van der Waals surface area contributed by atoms with E-state index in [1.54, 1.807) is 41.3 Å². The molecule has 0 radical (unpaired) electrons. The molecule has 1 aliphatic rings. The Balaban J connectivity index is 1.61. The summed E-state index contributed by atoms with van der Waals surface area (Å²) >= 11 is 0. The lowest BCUT2D eigenvalue weighted by atomic mass is 10.0. The van der Waals surface area contributed by atoms with Gasteiger partial charge in [0.15, 0.2) is 0 Å². The fourth-order valence-corrected chi connectivity index (χ4v) is 3.05. The second kappa shape index (κ2) is 7.25. The smallest absolute Gasteiger partial charge is 0.251 e. The molecule has 0 saturated carbocycles. The number of amides is 2. The molecular weight excluding hydrogens is 307 g/mol. The van der Waals surface area contributed by atoms with Gasteiger partial charge in [-0.2, -0.15) is 0 Å². The van der Waals surface area contributed by atoms with Crippen LogP contribution in [0.1, 0.15) is 34.8 Å². The molecule has 0 aromatic heterocycles. The number of carbonyl (C=O) groups is 2. The summed E-state index contributed by atoms with van der Waals surface area (Å²) in [4.78, 5) is 26.3. The van der Waals surface area contributed by atoms with E-state index < -0.39 is 0 Å². The Labute approximate surface area is 140 Å². The molecule has 3 rings (SSSR count). The minimum Gasteiger partial charge on any atom is -0.343 e. The fraction of sp³-hybridized carbons (Fsp3) is 0.263. The van der Waals surface area contributed by atoms with Gasteiger partial charge in [-0.1, -0.05) is 30.3 Å². The van der Waals surface area contributed by atoms with Crippen LogP contribution in [0.25, 0.3) is 0 Å². The monoisotopic (exact) mass is 326 g/mol. The van der Waals surface area contributed by atoms with Gasteiger partial charge in [-0.05, 0) is 42.7 Å². The summed E-state index contributed by atoms with van der Waals surface area (Å²) in [5, 5.41) is 2.67. The Kier molecular flexibility index (Phi) is 4.89. The summed E-state index contributed by atoms with van der Waals surface area (Å²) in [7, 11) is 0. The molecule has 0 aliphatic carbocycles. The normalized spacial score (nSPS) is 16.9.